The molecule has 3 unspecified atom stereocenters. The molecule has 2 saturated heterocycles. The predicted octanol–water partition coefficient (Wildman–Crippen LogP) is 0.845. The van der Waals surface area contributed by atoms with Gasteiger partial charge in [-0.05, 0) is 26.9 Å². The molecule has 0 aromatic heterocycles. The molecule has 0 spiro atoms. The summed E-state index contributed by atoms with van der Waals surface area (Å²) in [6, 6.07) is 0.726. The number of rotatable bonds is 3. The normalized spacial score (nSPS) is 41.1. The van der Waals surface area contributed by atoms with Crippen LogP contribution < -0.4 is 5.73 Å². The SMILES string of the molecule is CC1CC(CN)(N2CCC(N(C)C)C2)CS1. The predicted molar refractivity (Wildman–Crippen MR) is 72.0 cm³/mol. The molecule has 4 heteroatoms. The van der Waals surface area contributed by atoms with E-state index >= 15 is 0 Å². The van der Waals surface area contributed by atoms with Crippen molar-refractivity contribution in [2.45, 2.75) is 36.6 Å². The first-order chi connectivity index (χ1) is 7.57. The van der Waals surface area contributed by atoms with Crippen LogP contribution in [0.4, 0.5) is 0 Å². The lowest BCUT2D eigenvalue weighted by Gasteiger charge is -2.38. The molecule has 2 N–H and O–H groups in total. The second-order valence-corrected chi connectivity index (χ2v) is 7.03. The minimum atomic E-state index is 0.300. The number of likely N-dealkylation sites (N-methyl/N-ethyl adjacent to an activating group) is 1. The lowest BCUT2D eigenvalue weighted by atomic mass is 9.94. The van der Waals surface area contributed by atoms with E-state index in [4.69, 9.17) is 5.73 Å². The Morgan fingerprint density at radius 1 is 1.50 bits per heavy atom. The summed E-state index contributed by atoms with van der Waals surface area (Å²) >= 11 is 2.09. The van der Waals surface area contributed by atoms with E-state index in [9.17, 15) is 0 Å². The van der Waals surface area contributed by atoms with Gasteiger partial charge in [0, 0.05) is 42.2 Å². The van der Waals surface area contributed by atoms with Gasteiger partial charge in [-0.15, -0.1) is 0 Å². The molecule has 3 atom stereocenters. The summed E-state index contributed by atoms with van der Waals surface area (Å²) in [5.41, 5.74) is 6.36. The van der Waals surface area contributed by atoms with Crippen LogP contribution in [0.5, 0.6) is 0 Å². The van der Waals surface area contributed by atoms with E-state index in [1.54, 1.807) is 0 Å². The molecular weight excluding hydrogens is 218 g/mol. The molecule has 2 heterocycles. The zero-order valence-corrected chi connectivity index (χ0v) is 11.6. The number of nitrogens with zero attached hydrogens (tertiary/aromatic N) is 2. The zero-order chi connectivity index (χ0) is 11.8. The molecule has 0 saturated carbocycles. The summed E-state index contributed by atoms with van der Waals surface area (Å²) in [6.07, 6.45) is 2.57. The van der Waals surface area contributed by atoms with Crippen LogP contribution in [0.1, 0.15) is 19.8 Å². The van der Waals surface area contributed by atoms with Gasteiger partial charge in [0.2, 0.25) is 0 Å². The first-order valence-electron chi connectivity index (χ1n) is 6.30. The van der Waals surface area contributed by atoms with Gasteiger partial charge in [-0.3, -0.25) is 4.90 Å². The highest BCUT2D eigenvalue weighted by atomic mass is 32.2. The van der Waals surface area contributed by atoms with Crippen molar-refractivity contribution < 1.29 is 0 Å². The molecule has 0 aromatic carbocycles. The van der Waals surface area contributed by atoms with Crippen molar-refractivity contribution in [3.05, 3.63) is 0 Å². The van der Waals surface area contributed by atoms with Crippen LogP contribution in [0, 0.1) is 0 Å². The first-order valence-corrected chi connectivity index (χ1v) is 7.35. The minimum Gasteiger partial charge on any atom is -0.329 e. The number of nitrogens with two attached hydrogens (primary N) is 1. The van der Waals surface area contributed by atoms with E-state index in [0.29, 0.717) is 5.54 Å². The van der Waals surface area contributed by atoms with E-state index in [1.807, 2.05) is 0 Å². The van der Waals surface area contributed by atoms with Crippen molar-refractivity contribution in [1.82, 2.24) is 9.80 Å². The van der Waals surface area contributed by atoms with Crippen LogP contribution >= 0.6 is 11.8 Å². The topological polar surface area (TPSA) is 32.5 Å². The summed E-state index contributed by atoms with van der Waals surface area (Å²) in [7, 11) is 4.38. The Kier molecular flexibility index (Phi) is 3.84. The molecule has 2 aliphatic heterocycles. The fourth-order valence-corrected chi connectivity index (χ4v) is 4.48. The van der Waals surface area contributed by atoms with Gasteiger partial charge in [0.1, 0.15) is 0 Å². The van der Waals surface area contributed by atoms with Crippen LogP contribution in [0.15, 0.2) is 0 Å². The lowest BCUT2D eigenvalue weighted by Crippen LogP contribution is -2.54. The third kappa shape index (κ3) is 2.26. The Balaban J connectivity index is 2.01. The molecule has 0 amide bonds. The molecule has 2 rings (SSSR count). The molecule has 0 bridgehead atoms. The third-order valence-corrected chi connectivity index (χ3v) is 5.69. The standard InChI is InChI=1S/C12H25N3S/c1-10-6-12(8-13,9-16-10)15-5-4-11(7-15)14(2)3/h10-11H,4-9,13H2,1-3H3. The van der Waals surface area contributed by atoms with Gasteiger partial charge in [0.15, 0.2) is 0 Å². The Hall–Kier alpha value is 0.230. The van der Waals surface area contributed by atoms with E-state index in [-0.39, 0.29) is 0 Å². The number of hydrogen-bond donors (Lipinski definition) is 1. The number of hydrogen-bond acceptors (Lipinski definition) is 4. The van der Waals surface area contributed by atoms with Crippen molar-refractivity contribution in [3.63, 3.8) is 0 Å². The highest BCUT2D eigenvalue weighted by molar-refractivity contribution is 8.00. The number of likely N-dealkylation sites (tertiary alicyclic amines) is 1. The number of thioether (sulfide) groups is 1. The van der Waals surface area contributed by atoms with Crippen molar-refractivity contribution >= 4 is 11.8 Å². The minimum absolute atomic E-state index is 0.300. The lowest BCUT2D eigenvalue weighted by molar-refractivity contribution is 0.133. The van der Waals surface area contributed by atoms with Crippen LogP contribution in [-0.2, 0) is 0 Å². The van der Waals surface area contributed by atoms with Crippen molar-refractivity contribution in [3.8, 4) is 0 Å². The monoisotopic (exact) mass is 243 g/mol. The van der Waals surface area contributed by atoms with Gasteiger partial charge < -0.3 is 10.6 Å². The van der Waals surface area contributed by atoms with Crippen molar-refractivity contribution in [1.29, 1.82) is 0 Å². The highest BCUT2D eigenvalue weighted by Gasteiger charge is 2.44. The second-order valence-electron chi connectivity index (χ2n) is 5.61. The Morgan fingerprint density at radius 2 is 2.25 bits per heavy atom. The van der Waals surface area contributed by atoms with Gasteiger partial charge in [0.05, 0.1) is 0 Å². The molecule has 0 radical (unpaired) electrons. The van der Waals surface area contributed by atoms with Crippen LogP contribution in [0.2, 0.25) is 0 Å². The quantitative estimate of drug-likeness (QED) is 0.796. The van der Waals surface area contributed by atoms with Crippen molar-refractivity contribution in [2.24, 2.45) is 5.73 Å². The van der Waals surface area contributed by atoms with E-state index < -0.39 is 0 Å². The van der Waals surface area contributed by atoms with Crippen molar-refractivity contribution in [2.75, 3.05) is 39.5 Å². The Bertz CT molecular complexity index is 246. The maximum absolute atomic E-state index is 6.06. The summed E-state index contributed by atoms with van der Waals surface area (Å²) in [6.45, 7) is 5.59. The maximum atomic E-state index is 6.06. The Labute approximate surface area is 104 Å². The molecule has 3 nitrogen and oxygen atoms in total. The molecule has 94 valence electrons. The largest absolute Gasteiger partial charge is 0.329 e. The molecule has 0 aliphatic carbocycles. The fraction of sp³-hybridized carbons (Fsp3) is 1.00. The molecular formula is C12H25N3S. The zero-order valence-electron chi connectivity index (χ0n) is 10.8. The Morgan fingerprint density at radius 3 is 2.69 bits per heavy atom. The summed E-state index contributed by atoms with van der Waals surface area (Å²) in [5.74, 6) is 1.23. The first kappa shape index (κ1) is 12.7. The van der Waals surface area contributed by atoms with Gasteiger partial charge in [-0.2, -0.15) is 11.8 Å². The van der Waals surface area contributed by atoms with Gasteiger partial charge in [-0.1, -0.05) is 6.92 Å². The van der Waals surface area contributed by atoms with E-state index in [0.717, 1.165) is 17.8 Å². The van der Waals surface area contributed by atoms with Crippen LogP contribution in [-0.4, -0.2) is 66.1 Å². The summed E-state index contributed by atoms with van der Waals surface area (Å²) in [4.78, 5) is 5.02. The molecule has 16 heavy (non-hydrogen) atoms. The second kappa shape index (κ2) is 4.84. The van der Waals surface area contributed by atoms with Gasteiger partial charge in [-0.25, -0.2) is 0 Å². The van der Waals surface area contributed by atoms with Crippen LogP contribution in [0.3, 0.4) is 0 Å². The average molecular weight is 243 g/mol. The van der Waals surface area contributed by atoms with Gasteiger partial charge >= 0.3 is 0 Å². The third-order valence-electron chi connectivity index (χ3n) is 4.25. The summed E-state index contributed by atoms with van der Waals surface area (Å²) in [5, 5.41) is 0.780. The van der Waals surface area contributed by atoms with E-state index in [2.05, 4.69) is 42.6 Å². The highest BCUT2D eigenvalue weighted by Crippen LogP contribution is 2.39. The molecule has 0 aromatic rings. The molecule has 2 aliphatic rings. The van der Waals surface area contributed by atoms with Gasteiger partial charge in [0.25, 0.3) is 0 Å². The molecule has 2 fully saturated rings. The maximum Gasteiger partial charge on any atom is 0.0433 e. The van der Waals surface area contributed by atoms with E-state index in [1.165, 1.54) is 31.7 Å². The fourth-order valence-electron chi connectivity index (χ4n) is 3.04. The summed E-state index contributed by atoms with van der Waals surface area (Å²) < 4.78 is 0. The van der Waals surface area contributed by atoms with Crippen LogP contribution in [0.25, 0.3) is 0 Å². The average Bonchev–Trinajstić information content (AvgIpc) is 2.84. The smallest absolute Gasteiger partial charge is 0.0433 e.